The Labute approximate surface area is 99.5 Å². The van der Waals surface area contributed by atoms with Crippen LogP contribution in [-0.2, 0) is 0 Å². The fraction of sp³-hybridized carbons (Fsp3) is 0. The van der Waals surface area contributed by atoms with Crippen molar-refractivity contribution in [3.63, 3.8) is 0 Å². The van der Waals surface area contributed by atoms with Crippen molar-refractivity contribution in [1.82, 2.24) is 14.8 Å². The Balaban J connectivity index is 2.41. The largest absolute Gasteiger partial charge is 0.348 e. The Morgan fingerprint density at radius 3 is 2.33 bits per heavy atom. The maximum absolute atomic E-state index is 11.3. The lowest BCUT2D eigenvalue weighted by atomic mass is 10.2. The van der Waals surface area contributed by atoms with Gasteiger partial charge in [0.2, 0.25) is 0 Å². The molecule has 1 aromatic carbocycles. The SMILES string of the molecule is [N-]=[N+]=NC#Cc1ccc(-n2c(=O)[nH][nH]c2=O)cc1. The molecule has 0 atom stereocenters. The number of hydrogen-bond donors (Lipinski definition) is 2. The third kappa shape index (κ3) is 2.16. The Morgan fingerprint density at radius 2 is 1.78 bits per heavy atom. The zero-order valence-electron chi connectivity index (χ0n) is 8.91. The lowest BCUT2D eigenvalue weighted by Crippen LogP contribution is -2.24. The maximum Gasteiger partial charge on any atom is 0.348 e. The van der Waals surface area contributed by atoms with Gasteiger partial charge in [-0.2, -0.15) is 0 Å². The van der Waals surface area contributed by atoms with Crippen LogP contribution in [0.4, 0.5) is 0 Å². The minimum Gasteiger partial charge on any atom is -0.247 e. The maximum atomic E-state index is 11.3. The molecular formula is C10H6N6O2. The van der Waals surface area contributed by atoms with Gasteiger partial charge in [0, 0.05) is 10.5 Å². The van der Waals surface area contributed by atoms with Crippen LogP contribution >= 0.6 is 0 Å². The highest BCUT2D eigenvalue weighted by Crippen LogP contribution is 2.04. The van der Waals surface area contributed by atoms with Crippen molar-refractivity contribution in [3.8, 4) is 17.7 Å². The zero-order chi connectivity index (χ0) is 13.0. The second kappa shape index (κ2) is 4.78. The molecule has 0 aliphatic carbocycles. The Kier molecular flexibility index (Phi) is 3.00. The second-order valence-electron chi connectivity index (χ2n) is 3.17. The van der Waals surface area contributed by atoms with Gasteiger partial charge < -0.3 is 0 Å². The lowest BCUT2D eigenvalue weighted by Gasteiger charge is -1.98. The lowest BCUT2D eigenvalue weighted by molar-refractivity contribution is 0.951. The highest BCUT2D eigenvalue weighted by Gasteiger charge is 2.04. The van der Waals surface area contributed by atoms with Gasteiger partial charge in [0.05, 0.1) is 5.69 Å². The number of azide groups is 1. The predicted molar refractivity (Wildman–Crippen MR) is 63.0 cm³/mol. The van der Waals surface area contributed by atoms with E-state index in [4.69, 9.17) is 5.53 Å². The standard InChI is InChI=1S/C10H6N6O2/c11-15-12-6-5-7-1-3-8(4-2-7)16-9(17)13-14-10(16)18/h1-4H,(H,13,17)(H,14,18). The van der Waals surface area contributed by atoms with E-state index in [1.54, 1.807) is 24.3 Å². The Hall–Kier alpha value is -3.17. The smallest absolute Gasteiger partial charge is 0.247 e. The summed E-state index contributed by atoms with van der Waals surface area (Å²) in [5, 5.41) is 7.43. The first-order chi connectivity index (χ1) is 8.72. The van der Waals surface area contributed by atoms with E-state index in [1.165, 1.54) is 0 Å². The van der Waals surface area contributed by atoms with Crippen LogP contribution in [-0.4, -0.2) is 14.8 Å². The molecule has 0 fully saturated rings. The minimum atomic E-state index is -0.548. The molecule has 2 N–H and O–H groups in total. The van der Waals surface area contributed by atoms with Crippen LogP contribution in [0.2, 0.25) is 0 Å². The van der Waals surface area contributed by atoms with Crippen LogP contribution in [0.5, 0.6) is 0 Å². The molecule has 0 saturated carbocycles. The Bertz CT molecular complexity index is 749. The summed E-state index contributed by atoms with van der Waals surface area (Å²) in [7, 11) is 0. The molecule has 8 nitrogen and oxygen atoms in total. The monoisotopic (exact) mass is 242 g/mol. The molecular weight excluding hydrogens is 236 g/mol. The number of nitrogens with one attached hydrogen (secondary N) is 2. The molecule has 2 rings (SSSR count). The first kappa shape index (κ1) is 11.3. The van der Waals surface area contributed by atoms with Gasteiger partial charge in [-0.15, -0.1) is 0 Å². The summed E-state index contributed by atoms with van der Waals surface area (Å²) in [6, 6.07) is 8.57. The van der Waals surface area contributed by atoms with Gasteiger partial charge in [-0.25, -0.2) is 24.4 Å². The summed E-state index contributed by atoms with van der Waals surface area (Å²) in [5.41, 5.74) is 7.97. The van der Waals surface area contributed by atoms with Crippen molar-refractivity contribution in [2.45, 2.75) is 0 Å². The molecule has 0 aliphatic rings. The van der Waals surface area contributed by atoms with Crippen molar-refractivity contribution in [2.75, 3.05) is 0 Å². The second-order valence-corrected chi connectivity index (χ2v) is 3.17. The van der Waals surface area contributed by atoms with Crippen molar-refractivity contribution in [3.05, 3.63) is 61.2 Å². The van der Waals surface area contributed by atoms with Crippen molar-refractivity contribution in [1.29, 1.82) is 0 Å². The molecule has 0 saturated heterocycles. The van der Waals surface area contributed by atoms with E-state index in [-0.39, 0.29) is 0 Å². The molecule has 2 aromatic rings. The molecule has 0 bridgehead atoms. The molecule has 0 unspecified atom stereocenters. The number of H-pyrrole nitrogens is 2. The van der Waals surface area contributed by atoms with E-state index in [0.29, 0.717) is 11.3 Å². The summed E-state index contributed by atoms with van der Waals surface area (Å²) >= 11 is 0. The van der Waals surface area contributed by atoms with E-state index in [9.17, 15) is 9.59 Å². The van der Waals surface area contributed by atoms with E-state index in [0.717, 1.165) is 4.57 Å². The van der Waals surface area contributed by atoms with Gasteiger partial charge in [0.25, 0.3) is 0 Å². The quantitative estimate of drug-likeness (QED) is 0.327. The van der Waals surface area contributed by atoms with E-state index >= 15 is 0 Å². The van der Waals surface area contributed by atoms with Crippen LogP contribution in [0.3, 0.4) is 0 Å². The first-order valence-corrected chi connectivity index (χ1v) is 4.77. The minimum absolute atomic E-state index is 0.414. The van der Waals surface area contributed by atoms with Gasteiger partial charge in [-0.3, -0.25) is 0 Å². The van der Waals surface area contributed by atoms with Gasteiger partial charge in [-0.05, 0) is 41.0 Å². The Morgan fingerprint density at radius 1 is 1.17 bits per heavy atom. The van der Waals surface area contributed by atoms with Crippen LogP contribution in [0.15, 0.2) is 39.0 Å². The van der Waals surface area contributed by atoms with Gasteiger partial charge in [0.15, 0.2) is 0 Å². The van der Waals surface area contributed by atoms with Gasteiger partial charge in [-0.1, -0.05) is 5.92 Å². The molecule has 1 heterocycles. The van der Waals surface area contributed by atoms with Crippen LogP contribution in [0.25, 0.3) is 16.1 Å². The normalized spacial score (nSPS) is 9.11. The summed E-state index contributed by atoms with van der Waals surface area (Å²) in [6.07, 6.45) is 0. The molecule has 0 aliphatic heterocycles. The van der Waals surface area contributed by atoms with E-state index in [1.807, 2.05) is 0 Å². The number of benzene rings is 1. The molecule has 0 amide bonds. The summed E-state index contributed by atoms with van der Waals surface area (Å²) in [6.45, 7) is 0. The third-order valence-corrected chi connectivity index (χ3v) is 2.10. The highest BCUT2D eigenvalue weighted by molar-refractivity contribution is 5.41. The topological polar surface area (TPSA) is 119 Å². The molecule has 0 spiro atoms. The summed E-state index contributed by atoms with van der Waals surface area (Å²) in [5.74, 6) is 2.60. The number of rotatable bonds is 1. The van der Waals surface area contributed by atoms with E-state index in [2.05, 4.69) is 32.2 Å². The van der Waals surface area contributed by atoms with Crippen molar-refractivity contribution in [2.24, 2.45) is 5.11 Å². The molecule has 18 heavy (non-hydrogen) atoms. The highest BCUT2D eigenvalue weighted by atomic mass is 16.2. The zero-order valence-corrected chi connectivity index (χ0v) is 8.91. The predicted octanol–water partition coefficient (Wildman–Crippen LogP) is 0.473. The van der Waals surface area contributed by atoms with Gasteiger partial charge in [0.1, 0.15) is 0 Å². The molecule has 0 radical (unpaired) electrons. The number of nitrogens with zero attached hydrogens (tertiary/aromatic N) is 4. The van der Waals surface area contributed by atoms with E-state index < -0.39 is 11.4 Å². The first-order valence-electron chi connectivity index (χ1n) is 4.77. The van der Waals surface area contributed by atoms with Crippen LogP contribution in [0.1, 0.15) is 5.56 Å². The molecule has 88 valence electrons. The van der Waals surface area contributed by atoms with Crippen molar-refractivity contribution < 1.29 is 0 Å². The fourth-order valence-electron chi connectivity index (χ4n) is 1.35. The molecule has 1 aromatic heterocycles. The number of hydrogen-bond acceptors (Lipinski definition) is 3. The van der Waals surface area contributed by atoms with Crippen molar-refractivity contribution >= 4 is 0 Å². The number of aromatic nitrogens is 3. The summed E-state index contributed by atoms with van der Waals surface area (Å²) in [4.78, 5) is 25.1. The summed E-state index contributed by atoms with van der Waals surface area (Å²) < 4.78 is 0.949. The fourth-order valence-corrected chi connectivity index (χ4v) is 1.35. The van der Waals surface area contributed by atoms with Gasteiger partial charge >= 0.3 is 11.4 Å². The molecule has 8 heteroatoms. The third-order valence-electron chi connectivity index (χ3n) is 2.10. The average molecular weight is 242 g/mol. The van der Waals surface area contributed by atoms with Crippen LogP contribution < -0.4 is 11.4 Å². The van der Waals surface area contributed by atoms with Crippen LogP contribution in [0, 0.1) is 12.0 Å². The number of aromatic amines is 2. The average Bonchev–Trinajstić information content (AvgIpc) is 2.71.